The molecule has 96 valence electrons. The lowest BCUT2D eigenvalue weighted by Gasteiger charge is -2.10. The average molecular weight is 266 g/mol. The minimum atomic E-state index is 0.633. The van der Waals surface area contributed by atoms with E-state index in [0.717, 1.165) is 23.8 Å². The molecule has 1 aromatic heterocycles. The quantitative estimate of drug-likeness (QED) is 0.903. The van der Waals surface area contributed by atoms with Crippen LogP contribution in [0.15, 0.2) is 30.6 Å². The number of aromatic nitrogens is 2. The molecule has 0 aliphatic rings. The molecule has 18 heavy (non-hydrogen) atoms. The molecule has 0 radical (unpaired) electrons. The zero-order chi connectivity index (χ0) is 13.0. The molecule has 5 heteroatoms. The van der Waals surface area contributed by atoms with Crippen molar-refractivity contribution >= 4 is 17.3 Å². The fourth-order valence-electron chi connectivity index (χ4n) is 1.74. The zero-order valence-corrected chi connectivity index (χ0v) is 11.2. The van der Waals surface area contributed by atoms with Gasteiger partial charge in [0.15, 0.2) is 0 Å². The molecule has 1 N–H and O–H groups in total. The van der Waals surface area contributed by atoms with Crippen molar-refractivity contribution in [1.29, 1.82) is 0 Å². The fourth-order valence-corrected chi connectivity index (χ4v) is 1.92. The smallest absolute Gasteiger partial charge is 0.128 e. The molecule has 2 rings (SSSR count). The van der Waals surface area contributed by atoms with Gasteiger partial charge < -0.3 is 14.6 Å². The highest BCUT2D eigenvalue weighted by Crippen LogP contribution is 2.26. The first-order chi connectivity index (χ1) is 8.74. The van der Waals surface area contributed by atoms with E-state index in [0.29, 0.717) is 11.6 Å². The van der Waals surface area contributed by atoms with Crippen LogP contribution in [0.2, 0.25) is 5.02 Å². The highest BCUT2D eigenvalue weighted by Gasteiger charge is 2.05. The topological polar surface area (TPSA) is 39.1 Å². The molecule has 0 unspecified atom stereocenters. The summed E-state index contributed by atoms with van der Waals surface area (Å²) in [5.41, 5.74) is 0.849. The summed E-state index contributed by atoms with van der Waals surface area (Å²) in [6, 6.07) is 5.52. The van der Waals surface area contributed by atoms with Crippen molar-refractivity contribution in [2.45, 2.75) is 20.0 Å². The van der Waals surface area contributed by atoms with Gasteiger partial charge in [0, 0.05) is 25.0 Å². The summed E-state index contributed by atoms with van der Waals surface area (Å²) in [5, 5.41) is 3.94. The summed E-state index contributed by atoms with van der Waals surface area (Å²) < 4.78 is 7.26. The third-order valence-electron chi connectivity index (χ3n) is 2.75. The second-order valence-corrected chi connectivity index (χ2v) is 4.24. The Morgan fingerprint density at radius 1 is 1.44 bits per heavy atom. The number of methoxy groups -OCH3 is 1. The Labute approximate surface area is 112 Å². The molecule has 2 aromatic rings. The van der Waals surface area contributed by atoms with E-state index in [9.17, 15) is 0 Å². The minimum Gasteiger partial charge on any atom is -0.497 e. The number of imidazole rings is 1. The maximum absolute atomic E-state index is 6.12. The first-order valence-corrected chi connectivity index (χ1v) is 6.19. The summed E-state index contributed by atoms with van der Waals surface area (Å²) in [7, 11) is 1.64. The van der Waals surface area contributed by atoms with Crippen LogP contribution in [0.4, 0.5) is 5.69 Å². The van der Waals surface area contributed by atoms with E-state index in [1.54, 1.807) is 13.3 Å². The predicted molar refractivity (Wildman–Crippen MR) is 73.2 cm³/mol. The van der Waals surface area contributed by atoms with Crippen LogP contribution in [0.1, 0.15) is 12.7 Å². The lowest BCUT2D eigenvalue weighted by molar-refractivity contribution is 0.415. The summed E-state index contributed by atoms with van der Waals surface area (Å²) >= 11 is 6.12. The molecular formula is C13H16ClN3O. The number of rotatable bonds is 5. The molecule has 0 aliphatic carbocycles. The molecule has 0 spiro atoms. The van der Waals surface area contributed by atoms with Gasteiger partial charge in [-0.3, -0.25) is 0 Å². The van der Waals surface area contributed by atoms with E-state index in [1.165, 1.54) is 0 Å². The number of hydrogen-bond acceptors (Lipinski definition) is 3. The summed E-state index contributed by atoms with van der Waals surface area (Å²) in [6.45, 7) is 3.63. The standard InChI is InChI=1S/C13H16ClN3O/c1-3-17-7-6-15-13(17)9-16-12-8-10(18-2)4-5-11(12)14/h4-8,16H,3,9H2,1-2H3. The first kappa shape index (κ1) is 12.8. The number of halogens is 1. The Hall–Kier alpha value is -1.68. The van der Waals surface area contributed by atoms with Crippen LogP contribution in [0.25, 0.3) is 0 Å². The van der Waals surface area contributed by atoms with Crippen LogP contribution in [-0.2, 0) is 13.1 Å². The van der Waals surface area contributed by atoms with Gasteiger partial charge in [-0.05, 0) is 19.1 Å². The summed E-state index contributed by atoms with van der Waals surface area (Å²) in [6.07, 6.45) is 3.76. The van der Waals surface area contributed by atoms with E-state index < -0.39 is 0 Å². The Balaban J connectivity index is 2.10. The van der Waals surface area contributed by atoms with Crippen LogP contribution < -0.4 is 10.1 Å². The molecule has 0 fully saturated rings. The normalized spacial score (nSPS) is 10.4. The van der Waals surface area contributed by atoms with Crippen LogP contribution in [0, 0.1) is 0 Å². The molecular weight excluding hydrogens is 250 g/mol. The number of aryl methyl sites for hydroxylation is 1. The number of hydrogen-bond donors (Lipinski definition) is 1. The Kier molecular flexibility index (Phi) is 4.10. The SMILES string of the molecule is CCn1ccnc1CNc1cc(OC)ccc1Cl. The summed E-state index contributed by atoms with van der Waals surface area (Å²) in [4.78, 5) is 4.30. The lowest BCUT2D eigenvalue weighted by atomic mass is 10.3. The first-order valence-electron chi connectivity index (χ1n) is 5.82. The number of benzene rings is 1. The Morgan fingerprint density at radius 2 is 2.28 bits per heavy atom. The highest BCUT2D eigenvalue weighted by atomic mass is 35.5. The fraction of sp³-hybridized carbons (Fsp3) is 0.308. The van der Waals surface area contributed by atoms with Gasteiger partial charge in [0.2, 0.25) is 0 Å². The molecule has 0 atom stereocenters. The van der Waals surface area contributed by atoms with Gasteiger partial charge in [-0.15, -0.1) is 0 Å². The molecule has 0 saturated carbocycles. The lowest BCUT2D eigenvalue weighted by Crippen LogP contribution is -2.07. The van der Waals surface area contributed by atoms with Gasteiger partial charge in [-0.1, -0.05) is 11.6 Å². The van der Waals surface area contributed by atoms with Crippen molar-refractivity contribution in [2.24, 2.45) is 0 Å². The average Bonchev–Trinajstić information content (AvgIpc) is 2.85. The van der Waals surface area contributed by atoms with Gasteiger partial charge in [-0.2, -0.15) is 0 Å². The van der Waals surface area contributed by atoms with Gasteiger partial charge in [0.05, 0.1) is 24.4 Å². The number of nitrogens with one attached hydrogen (secondary N) is 1. The molecule has 1 aromatic carbocycles. The van der Waals surface area contributed by atoms with Crippen molar-refractivity contribution in [1.82, 2.24) is 9.55 Å². The number of ether oxygens (including phenoxy) is 1. The molecule has 1 heterocycles. The second kappa shape index (κ2) is 5.78. The molecule has 0 amide bonds. The van der Waals surface area contributed by atoms with Crippen LogP contribution >= 0.6 is 11.6 Å². The van der Waals surface area contributed by atoms with Crippen molar-refractivity contribution in [3.8, 4) is 5.75 Å². The third-order valence-corrected chi connectivity index (χ3v) is 3.08. The number of anilines is 1. The van der Waals surface area contributed by atoms with E-state index in [1.807, 2.05) is 24.4 Å². The maximum atomic E-state index is 6.12. The Morgan fingerprint density at radius 3 is 3.00 bits per heavy atom. The monoisotopic (exact) mass is 265 g/mol. The number of nitrogens with zero attached hydrogens (tertiary/aromatic N) is 2. The van der Waals surface area contributed by atoms with Gasteiger partial charge in [0.25, 0.3) is 0 Å². The minimum absolute atomic E-state index is 0.633. The van der Waals surface area contributed by atoms with Gasteiger partial charge >= 0.3 is 0 Å². The zero-order valence-electron chi connectivity index (χ0n) is 10.5. The molecule has 0 bridgehead atoms. The molecule has 0 saturated heterocycles. The molecule has 0 aliphatic heterocycles. The van der Waals surface area contributed by atoms with E-state index in [-0.39, 0.29) is 0 Å². The van der Waals surface area contributed by atoms with Crippen molar-refractivity contribution in [3.05, 3.63) is 41.4 Å². The van der Waals surface area contributed by atoms with Crippen molar-refractivity contribution in [3.63, 3.8) is 0 Å². The van der Waals surface area contributed by atoms with Crippen LogP contribution in [0.3, 0.4) is 0 Å². The van der Waals surface area contributed by atoms with Gasteiger partial charge in [-0.25, -0.2) is 4.98 Å². The van der Waals surface area contributed by atoms with Crippen molar-refractivity contribution < 1.29 is 4.74 Å². The Bertz CT molecular complexity index is 525. The van der Waals surface area contributed by atoms with E-state index >= 15 is 0 Å². The third kappa shape index (κ3) is 2.76. The van der Waals surface area contributed by atoms with Crippen LogP contribution in [-0.4, -0.2) is 16.7 Å². The highest BCUT2D eigenvalue weighted by molar-refractivity contribution is 6.33. The maximum Gasteiger partial charge on any atom is 0.128 e. The van der Waals surface area contributed by atoms with E-state index in [2.05, 4.69) is 21.8 Å². The molecule has 4 nitrogen and oxygen atoms in total. The second-order valence-electron chi connectivity index (χ2n) is 3.83. The predicted octanol–water partition coefficient (Wildman–Crippen LogP) is 3.18. The largest absolute Gasteiger partial charge is 0.497 e. The van der Waals surface area contributed by atoms with Crippen LogP contribution in [0.5, 0.6) is 5.75 Å². The van der Waals surface area contributed by atoms with Gasteiger partial charge in [0.1, 0.15) is 11.6 Å². The van der Waals surface area contributed by atoms with E-state index in [4.69, 9.17) is 16.3 Å². The summed E-state index contributed by atoms with van der Waals surface area (Å²) in [5.74, 6) is 1.76. The van der Waals surface area contributed by atoms with Crippen molar-refractivity contribution in [2.75, 3.05) is 12.4 Å².